The van der Waals surface area contributed by atoms with E-state index in [9.17, 15) is 24.0 Å². The number of nitrogens with zero attached hydrogens (tertiary/aromatic N) is 7. The van der Waals surface area contributed by atoms with E-state index >= 15 is 0 Å². The van der Waals surface area contributed by atoms with E-state index in [0.717, 1.165) is 99.2 Å². The number of carboxylic acids is 1. The molecule has 4 aliphatic heterocycles. The molecule has 20 nitrogen and oxygen atoms in total. The van der Waals surface area contributed by atoms with E-state index in [1.54, 1.807) is 31.6 Å². The smallest absolute Gasteiger partial charge is 0.337 e. The number of ether oxygens (including phenoxy) is 2. The van der Waals surface area contributed by atoms with Gasteiger partial charge in [0.05, 0.1) is 31.0 Å². The van der Waals surface area contributed by atoms with Gasteiger partial charge in [-0.1, -0.05) is 54.6 Å². The Morgan fingerprint density at radius 1 is 0.562 bits per heavy atom. The lowest BCUT2D eigenvalue weighted by Crippen LogP contribution is -2.54. The number of anilines is 1. The van der Waals surface area contributed by atoms with E-state index in [0.29, 0.717) is 55.9 Å². The van der Waals surface area contributed by atoms with Crippen LogP contribution >= 0.6 is 22.7 Å². The maximum Gasteiger partial charge on any atom is 0.337 e. The molecule has 89 heavy (non-hydrogen) atoms. The number of nitrogen functional groups attached to an aromatic ring is 1. The molecule has 10 aromatic rings. The normalized spacial score (nSPS) is 15.1. The number of carbonyl (C=O) groups is 5. The average molecular weight is 1240 g/mol. The summed E-state index contributed by atoms with van der Waals surface area (Å²) in [6.07, 6.45) is 7.65. The summed E-state index contributed by atoms with van der Waals surface area (Å²) in [5.41, 5.74) is 11.0. The number of carboxylic acid groups (broad SMARTS) is 1. The van der Waals surface area contributed by atoms with Crippen molar-refractivity contribution in [3.8, 4) is 34.4 Å². The molecular formula is C67H67N9O11S2. The minimum Gasteiger partial charge on any atom is -0.506 e. The number of amides is 3. The van der Waals surface area contributed by atoms with Gasteiger partial charge in [0.25, 0.3) is 17.7 Å². The van der Waals surface area contributed by atoms with Crippen molar-refractivity contribution in [2.24, 2.45) is 23.7 Å². The van der Waals surface area contributed by atoms with Gasteiger partial charge in [-0.25, -0.2) is 29.5 Å². The van der Waals surface area contributed by atoms with Crippen LogP contribution in [0.4, 0.5) is 5.69 Å². The van der Waals surface area contributed by atoms with Gasteiger partial charge in [0.2, 0.25) is 11.8 Å². The fourth-order valence-electron chi connectivity index (χ4n) is 10.7. The second kappa shape index (κ2) is 29.8. The van der Waals surface area contributed by atoms with Crippen molar-refractivity contribution in [2.45, 2.75) is 25.7 Å². The van der Waals surface area contributed by atoms with Gasteiger partial charge in [0.1, 0.15) is 22.5 Å². The number of para-hydroxylation sites is 1. The fourth-order valence-corrected chi connectivity index (χ4v) is 12.0. The predicted octanol–water partition coefficient (Wildman–Crippen LogP) is 11.4. The van der Waals surface area contributed by atoms with Crippen molar-refractivity contribution in [3.05, 3.63) is 195 Å². The molecule has 0 saturated carbocycles. The molecule has 5 N–H and O–H groups in total. The number of aromatic hydroxyl groups is 1. The number of phenolic OH excluding ortho intramolecular Hbond substituents is 1. The molecule has 0 atom stereocenters. The third kappa shape index (κ3) is 15.9. The van der Waals surface area contributed by atoms with Crippen LogP contribution < -0.4 is 15.8 Å². The molecule has 0 bridgehead atoms. The molecule has 22 heteroatoms. The molecular weight excluding hydrogens is 1170 g/mol. The summed E-state index contributed by atoms with van der Waals surface area (Å²) in [4.78, 5) is 82.3. The Kier molecular flexibility index (Phi) is 20.8. The van der Waals surface area contributed by atoms with Gasteiger partial charge in [0.15, 0.2) is 21.2 Å². The number of nitrogens with one attached hydrogen (secondary N) is 1. The minimum absolute atomic E-state index is 0.0344. The summed E-state index contributed by atoms with van der Waals surface area (Å²) in [7, 11) is 2.94. The quantitative estimate of drug-likeness (QED) is 0.0563. The number of carbonyl (C=O) groups excluding carboxylic acids is 4. The van der Waals surface area contributed by atoms with Crippen LogP contribution in [0.1, 0.15) is 76.4 Å². The number of hydrogen-bond acceptors (Lipinski definition) is 18. The molecule has 4 aliphatic rings. The number of esters is 1. The molecule has 3 amide bonds. The van der Waals surface area contributed by atoms with Crippen molar-refractivity contribution in [2.75, 3.05) is 72.3 Å². The Morgan fingerprint density at radius 2 is 1.03 bits per heavy atom. The molecule has 4 aromatic heterocycles. The van der Waals surface area contributed by atoms with Crippen molar-refractivity contribution in [1.29, 1.82) is 0 Å². The lowest BCUT2D eigenvalue weighted by atomic mass is 9.79. The molecule has 458 valence electrons. The van der Waals surface area contributed by atoms with Gasteiger partial charge < -0.3 is 54.3 Å². The fraction of sp³-hybridized carbons (Fsp3) is 0.269. The number of likely N-dealkylation sites (tertiary alicyclic amines) is 3. The second-order valence-corrected chi connectivity index (χ2v) is 23.3. The van der Waals surface area contributed by atoms with Gasteiger partial charge in [-0.3, -0.25) is 14.4 Å². The summed E-state index contributed by atoms with van der Waals surface area (Å²) in [5, 5.41) is 26.2. The third-order valence-electron chi connectivity index (χ3n) is 16.0. The molecule has 0 radical (unpaired) electrons. The van der Waals surface area contributed by atoms with Crippen LogP contribution in [-0.2, 0) is 4.74 Å². The summed E-state index contributed by atoms with van der Waals surface area (Å²) in [6, 6.07) is 43.2. The van der Waals surface area contributed by atoms with Crippen molar-refractivity contribution in [1.82, 2.24) is 40.0 Å². The van der Waals surface area contributed by atoms with E-state index < -0.39 is 11.9 Å². The number of piperidine rings is 2. The summed E-state index contributed by atoms with van der Waals surface area (Å²) >= 11 is 2.83. The van der Waals surface area contributed by atoms with Gasteiger partial charge >= 0.3 is 11.9 Å². The molecule has 8 heterocycles. The van der Waals surface area contributed by atoms with E-state index in [1.807, 2.05) is 129 Å². The lowest BCUT2D eigenvalue weighted by molar-refractivity contribution is 0.0228. The minimum atomic E-state index is -0.977. The van der Waals surface area contributed by atoms with Gasteiger partial charge in [-0.15, -0.1) is 22.7 Å². The maximum atomic E-state index is 13.1. The zero-order chi connectivity index (χ0) is 62.2. The van der Waals surface area contributed by atoms with E-state index in [4.69, 9.17) is 29.5 Å². The molecule has 4 saturated heterocycles. The maximum absolute atomic E-state index is 13.1. The average Bonchev–Trinajstić information content (AvgIpc) is 2.09. The Hall–Kier alpha value is -9.77. The van der Waals surface area contributed by atoms with E-state index in [-0.39, 0.29) is 40.3 Å². The Balaban J connectivity index is 0.000000134. The number of hydrogen-bond donors (Lipinski definition) is 4. The second-order valence-electron chi connectivity index (χ2n) is 21.5. The predicted molar refractivity (Wildman–Crippen MR) is 340 cm³/mol. The molecule has 0 spiro atoms. The lowest BCUT2D eigenvalue weighted by Gasteiger charge is -2.46. The first kappa shape index (κ1) is 62.3. The SMILES string of the molecule is COC(=O)c1ccc(N)c(O)c1.COc1ccccc1.O=C(O)c1ccc2nc(-c3ccccc3)oc2c1.O=C(c1ccc2nc(-c3ccccc3)oc2c1)N1CC(C2CCN(C(=O)c3nccs3)CC2)C1.O=C(c1nccs1)N1CCC(C2CNC2)CC1. The van der Waals surface area contributed by atoms with Crippen LogP contribution in [0.2, 0.25) is 0 Å². The molecule has 6 aromatic carbocycles. The first-order valence-corrected chi connectivity index (χ1v) is 30.9. The number of aromatic carboxylic acids is 1. The van der Waals surface area contributed by atoms with E-state index in [2.05, 4.69) is 30.0 Å². The number of methoxy groups -OCH3 is 2. The number of phenols is 1. The monoisotopic (exact) mass is 1240 g/mol. The topological polar surface area (TPSA) is 270 Å². The van der Waals surface area contributed by atoms with Crippen molar-refractivity contribution < 1.29 is 52.5 Å². The molecule has 0 aliphatic carbocycles. The Labute approximate surface area is 521 Å². The summed E-state index contributed by atoms with van der Waals surface area (Å²) in [6.45, 7) is 7.22. The highest BCUT2D eigenvalue weighted by Gasteiger charge is 2.39. The standard InChI is InChI=1S/C26H24N4O3S.C14H9NO3.C12H17N3OS.C8H9NO3.C7H8O/c31-25(19-6-7-21-22(14-19)33-23(28-21)18-4-2-1-3-5-18)30-15-20(16-30)17-8-11-29(12-9-17)26(32)24-27-10-13-34-24;16-14(17)10-6-7-11-12(8-10)18-13(15-11)9-4-2-1-3-5-9;16-12(11-14-3-6-17-11)15-4-1-9(2-5-15)10-7-13-8-10;1-12-8(11)5-2-3-6(9)7(10)4-5;1-8-7-5-3-2-4-6-7/h1-7,10,13-14,17,20H,8-9,11-12,15-16H2;1-8H,(H,16,17);3,6,9-10,13H,1-2,4-5,7-8H2;2-4,10H,9H2,1H3;2-6H,1H3. The molecule has 0 unspecified atom stereocenters. The number of oxazole rings is 2. The number of aromatic nitrogens is 4. The summed E-state index contributed by atoms with van der Waals surface area (Å²) < 4.78 is 20.9. The van der Waals surface area contributed by atoms with Crippen LogP contribution in [0, 0.1) is 23.7 Å². The zero-order valence-corrected chi connectivity index (χ0v) is 50.7. The van der Waals surface area contributed by atoms with Gasteiger partial charge in [-0.05, 0) is 153 Å². The largest absolute Gasteiger partial charge is 0.506 e. The number of fused-ring (bicyclic) bond motifs is 2. The highest BCUT2D eigenvalue weighted by molar-refractivity contribution is 7.11. The van der Waals surface area contributed by atoms with Crippen molar-refractivity contribution >= 4 is 80.2 Å². The number of thiazole rings is 2. The summed E-state index contributed by atoms with van der Waals surface area (Å²) in [5.74, 6) is 3.29. The number of nitrogens with two attached hydrogens (primary N) is 1. The Morgan fingerprint density at radius 3 is 1.46 bits per heavy atom. The Bertz CT molecular complexity index is 3950. The first-order chi connectivity index (χ1) is 43.3. The van der Waals surface area contributed by atoms with Crippen LogP contribution in [0.5, 0.6) is 11.5 Å². The van der Waals surface area contributed by atoms with Crippen LogP contribution in [0.25, 0.3) is 45.1 Å². The van der Waals surface area contributed by atoms with Gasteiger partial charge in [0, 0.05) is 79.1 Å². The van der Waals surface area contributed by atoms with Crippen LogP contribution in [0.15, 0.2) is 178 Å². The van der Waals surface area contributed by atoms with Crippen molar-refractivity contribution in [3.63, 3.8) is 0 Å². The highest BCUT2D eigenvalue weighted by Crippen LogP contribution is 2.35. The van der Waals surface area contributed by atoms with E-state index in [1.165, 1.54) is 73.2 Å². The van der Waals surface area contributed by atoms with Crippen LogP contribution in [0.3, 0.4) is 0 Å². The first-order valence-electron chi connectivity index (χ1n) is 29.1. The zero-order valence-electron chi connectivity index (χ0n) is 49.1. The third-order valence-corrected chi connectivity index (χ3v) is 17.5. The van der Waals surface area contributed by atoms with Crippen LogP contribution in [-0.4, -0.2) is 141 Å². The number of rotatable bonds is 10. The number of benzene rings is 6. The highest BCUT2D eigenvalue weighted by atomic mass is 32.1. The molecule has 14 rings (SSSR count). The molecule has 4 fully saturated rings. The van der Waals surface area contributed by atoms with Gasteiger partial charge in [-0.2, -0.15) is 0 Å².